The van der Waals surface area contributed by atoms with E-state index >= 15 is 0 Å². The van der Waals surface area contributed by atoms with E-state index in [0.717, 1.165) is 10.2 Å². The lowest BCUT2D eigenvalue weighted by molar-refractivity contribution is 0.101. The highest BCUT2D eigenvalue weighted by atomic mass is 32.1. The molecule has 1 aliphatic rings. The minimum Gasteiger partial charge on any atom is -0.486 e. The largest absolute Gasteiger partial charge is 0.486 e. The van der Waals surface area contributed by atoms with Crippen LogP contribution >= 0.6 is 11.3 Å². The molecule has 1 aliphatic heterocycles. The van der Waals surface area contributed by atoms with Crippen LogP contribution in [0.3, 0.4) is 0 Å². The molecule has 0 aliphatic carbocycles. The number of carbonyl (C=O) groups is 2. The topological polar surface area (TPSA) is 102 Å². The monoisotopic (exact) mass is 446 g/mol. The van der Waals surface area contributed by atoms with E-state index in [-0.39, 0.29) is 11.8 Å². The zero-order chi connectivity index (χ0) is 22.1. The van der Waals surface area contributed by atoms with Gasteiger partial charge in [0.2, 0.25) is 0 Å². The first-order valence-corrected chi connectivity index (χ1v) is 10.8. The van der Waals surface area contributed by atoms with Crippen molar-refractivity contribution < 1.29 is 19.1 Å². The summed E-state index contributed by atoms with van der Waals surface area (Å²) in [6, 6.07) is 12.1. The molecule has 0 saturated heterocycles. The Morgan fingerprint density at radius 2 is 1.66 bits per heavy atom. The van der Waals surface area contributed by atoms with Crippen LogP contribution in [0.4, 0.5) is 11.4 Å². The normalized spacial score (nSPS) is 12.4. The molecule has 5 rings (SSSR count). The fraction of sp³-hybridized carbons (Fsp3) is 0.130. The van der Waals surface area contributed by atoms with Gasteiger partial charge in [-0.3, -0.25) is 14.6 Å². The zero-order valence-electron chi connectivity index (χ0n) is 17.0. The lowest BCUT2D eigenvalue weighted by atomic mass is 10.1. The second-order valence-electron chi connectivity index (χ2n) is 7.16. The molecule has 2 aromatic carbocycles. The molecule has 2 N–H and O–H groups in total. The van der Waals surface area contributed by atoms with Gasteiger partial charge >= 0.3 is 0 Å². The Morgan fingerprint density at radius 3 is 2.53 bits per heavy atom. The second-order valence-corrected chi connectivity index (χ2v) is 8.04. The molecule has 160 valence electrons. The molecular formula is C23H18N4O4S. The van der Waals surface area contributed by atoms with Crippen LogP contribution in [0.2, 0.25) is 0 Å². The molecule has 0 unspecified atom stereocenters. The highest BCUT2D eigenvalue weighted by Gasteiger charge is 2.16. The molecule has 2 aromatic heterocycles. The molecule has 2 amide bonds. The average Bonchev–Trinajstić information content (AvgIpc) is 3.29. The predicted octanol–water partition coefficient (Wildman–Crippen LogP) is 4.28. The Bertz CT molecular complexity index is 1350. The van der Waals surface area contributed by atoms with Crippen LogP contribution < -0.4 is 20.1 Å². The number of amides is 2. The van der Waals surface area contributed by atoms with Gasteiger partial charge in [0.1, 0.15) is 13.2 Å². The van der Waals surface area contributed by atoms with E-state index in [4.69, 9.17) is 9.47 Å². The number of nitrogens with zero attached hydrogens (tertiary/aromatic N) is 2. The van der Waals surface area contributed by atoms with Crippen LogP contribution in [0.1, 0.15) is 26.4 Å². The van der Waals surface area contributed by atoms with Gasteiger partial charge in [-0.1, -0.05) is 0 Å². The first kappa shape index (κ1) is 20.0. The summed E-state index contributed by atoms with van der Waals surface area (Å²) in [5, 5.41) is 5.68. The van der Waals surface area contributed by atoms with Crippen molar-refractivity contribution in [2.24, 2.45) is 0 Å². The minimum absolute atomic E-state index is 0.263. The number of thiazole rings is 1. The summed E-state index contributed by atoms with van der Waals surface area (Å²) >= 11 is 1.48. The summed E-state index contributed by atoms with van der Waals surface area (Å²) < 4.78 is 12.0. The van der Waals surface area contributed by atoms with Crippen molar-refractivity contribution in [1.29, 1.82) is 0 Å². The molecule has 3 heterocycles. The van der Waals surface area contributed by atoms with Gasteiger partial charge in [-0.25, -0.2) is 4.98 Å². The Labute approximate surface area is 187 Å². The Kier molecular flexibility index (Phi) is 5.16. The number of hydrogen-bond donors (Lipinski definition) is 2. The van der Waals surface area contributed by atoms with Crippen molar-refractivity contribution in [2.45, 2.75) is 6.92 Å². The quantitative estimate of drug-likeness (QED) is 0.485. The summed E-state index contributed by atoms with van der Waals surface area (Å²) in [6.07, 6.45) is 1.55. The predicted molar refractivity (Wildman–Crippen MR) is 122 cm³/mol. The highest BCUT2D eigenvalue weighted by Crippen LogP contribution is 2.31. The minimum atomic E-state index is -0.319. The summed E-state index contributed by atoms with van der Waals surface area (Å²) in [7, 11) is 0. The van der Waals surface area contributed by atoms with Crippen molar-refractivity contribution in [2.75, 3.05) is 23.8 Å². The molecule has 0 atom stereocenters. The van der Waals surface area contributed by atoms with Gasteiger partial charge in [0.15, 0.2) is 11.5 Å². The number of hydrogen-bond acceptors (Lipinski definition) is 7. The highest BCUT2D eigenvalue weighted by molar-refractivity contribution is 7.16. The van der Waals surface area contributed by atoms with Gasteiger partial charge in [0.05, 0.1) is 39.0 Å². The molecule has 0 radical (unpaired) electrons. The van der Waals surface area contributed by atoms with Crippen LogP contribution in [0, 0.1) is 6.92 Å². The molecular weight excluding hydrogens is 428 g/mol. The number of fused-ring (bicyclic) bond motifs is 2. The van der Waals surface area contributed by atoms with Gasteiger partial charge in [0, 0.05) is 11.1 Å². The number of aromatic nitrogens is 2. The standard InChI is InChI=1S/C23H18N4O4S/c1-13-18(27-23(29)15-2-4-17-21(9-15)32-12-25-17)10-16(11-24-13)26-22(28)14-3-5-19-20(8-14)31-7-6-30-19/h2-5,8-12H,6-7H2,1H3,(H,26,28)(H,27,29). The van der Waals surface area contributed by atoms with Crippen molar-refractivity contribution in [3.63, 3.8) is 0 Å². The van der Waals surface area contributed by atoms with Crippen molar-refractivity contribution in [1.82, 2.24) is 9.97 Å². The van der Waals surface area contributed by atoms with Crippen LogP contribution in [0.25, 0.3) is 10.2 Å². The number of ether oxygens (including phenoxy) is 2. The van der Waals surface area contributed by atoms with Crippen LogP contribution in [-0.4, -0.2) is 35.0 Å². The Balaban J connectivity index is 1.33. The maximum absolute atomic E-state index is 12.8. The van der Waals surface area contributed by atoms with Gasteiger partial charge < -0.3 is 20.1 Å². The SMILES string of the molecule is Cc1ncc(NC(=O)c2ccc3c(c2)OCCO3)cc1NC(=O)c1ccc2ncsc2c1. The van der Waals surface area contributed by atoms with Crippen molar-refractivity contribution in [3.8, 4) is 11.5 Å². The van der Waals surface area contributed by atoms with E-state index in [2.05, 4.69) is 20.6 Å². The molecule has 0 bridgehead atoms. The zero-order valence-corrected chi connectivity index (χ0v) is 17.9. The molecule has 9 heteroatoms. The van der Waals surface area contributed by atoms with Crippen molar-refractivity contribution >= 4 is 44.7 Å². The van der Waals surface area contributed by atoms with Crippen LogP contribution in [0.5, 0.6) is 11.5 Å². The van der Waals surface area contributed by atoms with Gasteiger partial charge in [-0.2, -0.15) is 0 Å². The summed E-state index contributed by atoms with van der Waals surface area (Å²) in [6.45, 7) is 2.72. The lowest BCUT2D eigenvalue weighted by Gasteiger charge is -2.18. The van der Waals surface area contributed by atoms with E-state index in [1.54, 1.807) is 55.0 Å². The summed E-state index contributed by atoms with van der Waals surface area (Å²) in [4.78, 5) is 34.0. The molecule has 0 fully saturated rings. The van der Waals surface area contributed by atoms with Gasteiger partial charge in [0.25, 0.3) is 11.8 Å². The number of anilines is 2. The average molecular weight is 446 g/mol. The third-order valence-corrected chi connectivity index (χ3v) is 5.78. The molecule has 32 heavy (non-hydrogen) atoms. The maximum atomic E-state index is 12.8. The number of rotatable bonds is 4. The third-order valence-electron chi connectivity index (χ3n) is 4.99. The number of pyridine rings is 1. The Hall–Kier alpha value is -3.98. The third kappa shape index (κ3) is 3.97. The summed E-state index contributed by atoms with van der Waals surface area (Å²) in [5.74, 6) is 0.573. The van der Waals surface area contributed by atoms with Gasteiger partial charge in [-0.05, 0) is 49.4 Å². The van der Waals surface area contributed by atoms with Crippen LogP contribution in [0.15, 0.2) is 54.2 Å². The first-order chi connectivity index (χ1) is 15.6. The van der Waals surface area contributed by atoms with Crippen molar-refractivity contribution in [3.05, 3.63) is 71.0 Å². The fourth-order valence-electron chi connectivity index (χ4n) is 3.31. The first-order valence-electron chi connectivity index (χ1n) is 9.89. The lowest BCUT2D eigenvalue weighted by Crippen LogP contribution is -2.17. The summed E-state index contributed by atoms with van der Waals surface area (Å²) in [5.41, 5.74) is 5.16. The molecule has 4 aromatic rings. The number of nitrogens with one attached hydrogen (secondary N) is 2. The second kappa shape index (κ2) is 8.27. The van der Waals surface area contributed by atoms with Crippen LogP contribution in [-0.2, 0) is 0 Å². The Morgan fingerprint density at radius 1 is 0.906 bits per heavy atom. The maximum Gasteiger partial charge on any atom is 0.255 e. The van der Waals surface area contributed by atoms with E-state index < -0.39 is 0 Å². The van der Waals surface area contributed by atoms with E-state index in [9.17, 15) is 9.59 Å². The number of carbonyl (C=O) groups excluding carboxylic acids is 2. The number of benzene rings is 2. The van der Waals surface area contributed by atoms with E-state index in [1.165, 1.54) is 11.3 Å². The van der Waals surface area contributed by atoms with E-state index in [1.807, 2.05) is 6.07 Å². The van der Waals surface area contributed by atoms with E-state index in [0.29, 0.717) is 52.9 Å². The molecule has 0 spiro atoms. The fourth-order valence-corrected chi connectivity index (χ4v) is 4.02. The molecule has 8 nitrogen and oxygen atoms in total. The van der Waals surface area contributed by atoms with Gasteiger partial charge in [-0.15, -0.1) is 11.3 Å². The molecule has 0 saturated carbocycles. The number of aryl methyl sites for hydroxylation is 1. The smallest absolute Gasteiger partial charge is 0.255 e.